The summed E-state index contributed by atoms with van der Waals surface area (Å²) in [7, 11) is 0. The van der Waals surface area contributed by atoms with Crippen molar-refractivity contribution in [1.29, 1.82) is 0 Å². The monoisotopic (exact) mass is 296 g/mol. The summed E-state index contributed by atoms with van der Waals surface area (Å²) >= 11 is 0. The molecule has 0 spiro atoms. The number of halogens is 1. The number of imidazole rings is 1. The molecule has 0 bridgehead atoms. The smallest absolute Gasteiger partial charge is 0.137 e. The highest BCUT2D eigenvalue weighted by molar-refractivity contribution is 5.27. The molecule has 0 atom stereocenters. The van der Waals surface area contributed by atoms with Crippen LogP contribution in [-0.2, 0) is 13.1 Å². The summed E-state index contributed by atoms with van der Waals surface area (Å²) in [6, 6.07) is 10.8. The number of benzene rings is 1. The maximum atomic E-state index is 13.5. The largest absolute Gasteiger partial charge is 0.308 e. The van der Waals surface area contributed by atoms with Gasteiger partial charge in [-0.2, -0.15) is 0 Å². The fourth-order valence-corrected chi connectivity index (χ4v) is 2.27. The molecule has 0 aliphatic carbocycles. The summed E-state index contributed by atoms with van der Waals surface area (Å²) in [6.45, 7) is 3.07. The fourth-order valence-electron chi connectivity index (χ4n) is 2.27. The molecule has 22 heavy (non-hydrogen) atoms. The van der Waals surface area contributed by atoms with Crippen LogP contribution < -0.4 is 5.32 Å². The Kier molecular flexibility index (Phi) is 4.25. The van der Waals surface area contributed by atoms with E-state index in [4.69, 9.17) is 0 Å². The van der Waals surface area contributed by atoms with E-state index in [1.165, 1.54) is 6.07 Å². The first-order valence-electron chi connectivity index (χ1n) is 7.13. The van der Waals surface area contributed by atoms with E-state index < -0.39 is 0 Å². The van der Waals surface area contributed by atoms with E-state index in [1.54, 1.807) is 18.3 Å². The van der Waals surface area contributed by atoms with Crippen molar-refractivity contribution < 1.29 is 4.39 Å². The average molecular weight is 296 g/mol. The Labute approximate surface area is 128 Å². The first kappa shape index (κ1) is 14.4. The van der Waals surface area contributed by atoms with Gasteiger partial charge in [0.05, 0.1) is 0 Å². The molecule has 0 unspecified atom stereocenters. The molecular weight excluding hydrogens is 279 g/mol. The van der Waals surface area contributed by atoms with Crippen molar-refractivity contribution in [3.8, 4) is 5.82 Å². The lowest BCUT2D eigenvalue weighted by molar-refractivity contribution is 0.587. The zero-order valence-corrected chi connectivity index (χ0v) is 12.3. The number of aryl methyl sites for hydroxylation is 1. The Hall–Kier alpha value is -2.53. The van der Waals surface area contributed by atoms with Crippen molar-refractivity contribution in [2.75, 3.05) is 0 Å². The maximum absolute atomic E-state index is 13.5. The van der Waals surface area contributed by atoms with Gasteiger partial charge in [0.2, 0.25) is 0 Å². The van der Waals surface area contributed by atoms with Gasteiger partial charge in [-0.25, -0.2) is 14.4 Å². The molecule has 0 radical (unpaired) electrons. The van der Waals surface area contributed by atoms with Crippen molar-refractivity contribution in [2.45, 2.75) is 20.0 Å². The molecular formula is C17H17FN4. The molecule has 0 aliphatic heterocycles. The number of pyridine rings is 1. The van der Waals surface area contributed by atoms with E-state index in [0.717, 1.165) is 17.2 Å². The number of rotatable bonds is 5. The zero-order chi connectivity index (χ0) is 15.4. The highest BCUT2D eigenvalue weighted by Gasteiger charge is 2.03. The third kappa shape index (κ3) is 3.20. The Morgan fingerprint density at radius 3 is 2.64 bits per heavy atom. The predicted octanol–water partition coefficient (Wildman–Crippen LogP) is 3.00. The first-order valence-corrected chi connectivity index (χ1v) is 7.13. The second-order valence-electron chi connectivity index (χ2n) is 5.06. The van der Waals surface area contributed by atoms with Crippen molar-refractivity contribution >= 4 is 0 Å². The number of hydrogen-bond donors (Lipinski definition) is 1. The van der Waals surface area contributed by atoms with Crippen molar-refractivity contribution in [3.05, 3.63) is 77.8 Å². The maximum Gasteiger partial charge on any atom is 0.137 e. The number of nitrogens with one attached hydrogen (secondary N) is 1. The van der Waals surface area contributed by atoms with E-state index in [1.807, 2.05) is 42.1 Å². The zero-order valence-electron chi connectivity index (χ0n) is 12.3. The summed E-state index contributed by atoms with van der Waals surface area (Å²) in [5, 5.41) is 3.23. The Bertz CT molecular complexity index is 749. The number of hydrogen-bond acceptors (Lipinski definition) is 3. The minimum Gasteiger partial charge on any atom is -0.308 e. The lowest BCUT2D eigenvalue weighted by Gasteiger charge is -2.08. The lowest BCUT2D eigenvalue weighted by atomic mass is 10.2. The van der Waals surface area contributed by atoms with Crippen LogP contribution in [0.1, 0.15) is 17.0 Å². The number of nitrogens with zero attached hydrogens (tertiary/aromatic N) is 3. The van der Waals surface area contributed by atoms with Gasteiger partial charge in [0.25, 0.3) is 0 Å². The van der Waals surface area contributed by atoms with E-state index in [9.17, 15) is 4.39 Å². The topological polar surface area (TPSA) is 42.7 Å². The van der Waals surface area contributed by atoms with Gasteiger partial charge in [0, 0.05) is 37.2 Å². The Morgan fingerprint density at radius 2 is 1.95 bits per heavy atom. The molecule has 4 nitrogen and oxygen atoms in total. The van der Waals surface area contributed by atoms with Crippen LogP contribution in [0.2, 0.25) is 0 Å². The highest BCUT2D eigenvalue weighted by atomic mass is 19.1. The van der Waals surface area contributed by atoms with Crippen LogP contribution in [0, 0.1) is 12.7 Å². The van der Waals surface area contributed by atoms with Crippen molar-refractivity contribution in [2.24, 2.45) is 0 Å². The molecule has 5 heteroatoms. The van der Waals surface area contributed by atoms with E-state index in [-0.39, 0.29) is 5.82 Å². The molecule has 0 fully saturated rings. The second kappa shape index (κ2) is 6.49. The third-order valence-electron chi connectivity index (χ3n) is 3.48. The van der Waals surface area contributed by atoms with Crippen LogP contribution in [-0.4, -0.2) is 14.5 Å². The summed E-state index contributed by atoms with van der Waals surface area (Å²) < 4.78 is 15.4. The fraction of sp³-hybridized carbons (Fsp3) is 0.176. The SMILES string of the molecule is Cc1nccn1-c1ccc(CNCc2ccccc2F)cn1. The van der Waals surface area contributed by atoms with Gasteiger partial charge >= 0.3 is 0 Å². The molecule has 1 N–H and O–H groups in total. The molecule has 0 aliphatic rings. The molecule has 0 amide bonds. The second-order valence-corrected chi connectivity index (χ2v) is 5.06. The Morgan fingerprint density at radius 1 is 1.09 bits per heavy atom. The van der Waals surface area contributed by atoms with Gasteiger partial charge in [-0.05, 0) is 24.6 Å². The van der Waals surface area contributed by atoms with Crippen LogP contribution in [0.3, 0.4) is 0 Å². The summed E-state index contributed by atoms with van der Waals surface area (Å²) in [5.41, 5.74) is 1.72. The van der Waals surface area contributed by atoms with Crippen LogP contribution in [0.15, 0.2) is 55.0 Å². The highest BCUT2D eigenvalue weighted by Crippen LogP contribution is 2.09. The minimum atomic E-state index is -0.181. The normalized spacial score (nSPS) is 10.8. The van der Waals surface area contributed by atoms with Gasteiger partial charge in [-0.3, -0.25) is 4.57 Å². The molecule has 3 aromatic rings. The van der Waals surface area contributed by atoms with E-state index in [0.29, 0.717) is 18.7 Å². The Balaban J connectivity index is 1.60. The van der Waals surface area contributed by atoms with Crippen LogP contribution in [0.25, 0.3) is 5.82 Å². The average Bonchev–Trinajstić information content (AvgIpc) is 2.96. The van der Waals surface area contributed by atoms with Gasteiger partial charge in [-0.1, -0.05) is 24.3 Å². The molecule has 0 saturated heterocycles. The number of aromatic nitrogens is 3. The molecule has 2 heterocycles. The van der Waals surface area contributed by atoms with Gasteiger partial charge in [0.15, 0.2) is 0 Å². The molecule has 2 aromatic heterocycles. The van der Waals surface area contributed by atoms with Crippen LogP contribution in [0.5, 0.6) is 0 Å². The quantitative estimate of drug-likeness (QED) is 0.787. The van der Waals surface area contributed by atoms with E-state index in [2.05, 4.69) is 15.3 Å². The predicted molar refractivity (Wildman–Crippen MR) is 83.0 cm³/mol. The lowest BCUT2D eigenvalue weighted by Crippen LogP contribution is -2.14. The molecule has 1 aromatic carbocycles. The van der Waals surface area contributed by atoms with Gasteiger partial charge < -0.3 is 5.32 Å². The summed E-state index contributed by atoms with van der Waals surface area (Å²) in [4.78, 5) is 8.62. The minimum absolute atomic E-state index is 0.181. The third-order valence-corrected chi connectivity index (χ3v) is 3.48. The van der Waals surface area contributed by atoms with E-state index >= 15 is 0 Å². The van der Waals surface area contributed by atoms with Gasteiger partial charge in [0.1, 0.15) is 17.5 Å². The summed E-state index contributed by atoms with van der Waals surface area (Å²) in [5.74, 6) is 1.56. The van der Waals surface area contributed by atoms with Crippen molar-refractivity contribution in [3.63, 3.8) is 0 Å². The standard InChI is InChI=1S/C17H17FN4/c1-13-20-8-9-22(13)17-7-6-14(11-21-17)10-19-12-15-4-2-3-5-16(15)18/h2-9,11,19H,10,12H2,1H3. The summed E-state index contributed by atoms with van der Waals surface area (Å²) in [6.07, 6.45) is 5.46. The molecule has 3 rings (SSSR count). The molecule has 112 valence electrons. The van der Waals surface area contributed by atoms with Crippen LogP contribution >= 0.6 is 0 Å². The van der Waals surface area contributed by atoms with Gasteiger partial charge in [-0.15, -0.1) is 0 Å². The van der Waals surface area contributed by atoms with Crippen LogP contribution in [0.4, 0.5) is 4.39 Å². The first-order chi connectivity index (χ1) is 10.7. The van der Waals surface area contributed by atoms with Crippen molar-refractivity contribution in [1.82, 2.24) is 19.9 Å². The molecule has 0 saturated carbocycles.